The number of hydrogen-bond acceptors (Lipinski definition) is 6. The molecule has 8 heteroatoms. The number of fused-ring (bicyclic) bond motifs is 4. The number of phenols is 1. The van der Waals surface area contributed by atoms with Crippen molar-refractivity contribution in [3.05, 3.63) is 139 Å². The molecule has 2 N–H and O–H groups in total. The van der Waals surface area contributed by atoms with E-state index in [4.69, 9.17) is 0 Å². The molecule has 0 unspecified atom stereocenters. The van der Waals surface area contributed by atoms with Gasteiger partial charge in [-0.1, -0.05) is 72.3 Å². The molecule has 250 valence electrons. The highest BCUT2D eigenvalue weighted by Gasteiger charge is 2.68. The molecule has 0 bridgehead atoms. The summed E-state index contributed by atoms with van der Waals surface area (Å²) in [5.41, 5.74) is 3.51. The molecule has 3 fully saturated rings. The minimum Gasteiger partial charge on any atom is -0.507 e. The van der Waals surface area contributed by atoms with Gasteiger partial charge in [-0.05, 0) is 86.2 Å². The van der Waals surface area contributed by atoms with E-state index in [-0.39, 0.29) is 35.8 Å². The lowest BCUT2D eigenvalue weighted by molar-refractivity contribution is -0.131. The maximum Gasteiger partial charge on any atom is 0.241 e. The van der Waals surface area contributed by atoms with Crippen molar-refractivity contribution in [3.63, 3.8) is 0 Å². The summed E-state index contributed by atoms with van der Waals surface area (Å²) in [5.74, 6) is -4.42. The smallest absolute Gasteiger partial charge is 0.241 e. The zero-order valence-corrected chi connectivity index (χ0v) is 27.7. The quantitative estimate of drug-likeness (QED) is 0.159. The van der Waals surface area contributed by atoms with Crippen LogP contribution in [0.25, 0.3) is 0 Å². The summed E-state index contributed by atoms with van der Waals surface area (Å²) in [4.78, 5) is 60.1. The standard InChI is InChI=1S/C42H37N3O5/c1-3-11-25-12-10-17-32(37(25)46)36-30-22-23-31-35(33(30)24-34-39(48)45(41(50)42(34,36)2)28-15-8-5-9-16-28)40(49)44(38(31)47)29-20-18-27(19-21-29)43-26-13-6-4-7-14-26/h3-10,12-22,31,33-36,43,46H,1,11,23-24H2,2H3/t31-,33+,34-,35-,36+,42+/m0/s1. The third-order valence-electron chi connectivity index (χ3n) is 11.3. The number of carbonyl (C=O) groups is 4. The maximum absolute atomic E-state index is 14.6. The van der Waals surface area contributed by atoms with Crippen LogP contribution in [0.5, 0.6) is 5.75 Å². The summed E-state index contributed by atoms with van der Waals surface area (Å²) < 4.78 is 0. The molecular formula is C42H37N3O5. The molecule has 6 atom stereocenters. The Bertz CT molecular complexity index is 2080. The summed E-state index contributed by atoms with van der Waals surface area (Å²) in [6, 6.07) is 31.3. The molecule has 0 aromatic heterocycles. The first kappa shape index (κ1) is 31.5. The van der Waals surface area contributed by atoms with Gasteiger partial charge in [0.05, 0.1) is 34.5 Å². The highest BCUT2D eigenvalue weighted by Crippen LogP contribution is 2.64. The number of aromatic hydroxyl groups is 1. The average molecular weight is 664 g/mol. The minimum absolute atomic E-state index is 0.0547. The van der Waals surface area contributed by atoms with E-state index in [1.54, 1.807) is 42.5 Å². The van der Waals surface area contributed by atoms with Gasteiger partial charge in [0, 0.05) is 22.9 Å². The van der Waals surface area contributed by atoms with Crippen molar-refractivity contribution in [2.45, 2.75) is 32.1 Å². The van der Waals surface area contributed by atoms with E-state index in [2.05, 4.69) is 11.9 Å². The zero-order valence-electron chi connectivity index (χ0n) is 27.7. The Hall–Kier alpha value is -5.76. The highest BCUT2D eigenvalue weighted by atomic mass is 16.3. The van der Waals surface area contributed by atoms with Crippen molar-refractivity contribution >= 4 is 46.4 Å². The lowest BCUT2D eigenvalue weighted by Gasteiger charge is -2.49. The second-order valence-electron chi connectivity index (χ2n) is 13.9. The van der Waals surface area contributed by atoms with E-state index in [9.17, 15) is 24.3 Å². The summed E-state index contributed by atoms with van der Waals surface area (Å²) in [6.07, 6.45) is 4.70. The predicted molar refractivity (Wildman–Crippen MR) is 192 cm³/mol. The van der Waals surface area contributed by atoms with Crippen LogP contribution in [0.3, 0.4) is 0 Å². The van der Waals surface area contributed by atoms with Crippen LogP contribution in [0.15, 0.2) is 127 Å². The Balaban J connectivity index is 1.19. The summed E-state index contributed by atoms with van der Waals surface area (Å²) in [6.45, 7) is 5.67. The number of phenolic OH excluding ortho intramolecular Hbond substituents is 1. The molecule has 8 rings (SSSR count). The number of benzene rings is 4. The van der Waals surface area contributed by atoms with Gasteiger partial charge in [-0.2, -0.15) is 0 Å². The third kappa shape index (κ3) is 4.65. The van der Waals surface area contributed by atoms with Crippen LogP contribution in [0.1, 0.15) is 36.8 Å². The van der Waals surface area contributed by atoms with Crippen molar-refractivity contribution in [3.8, 4) is 5.75 Å². The molecule has 2 heterocycles. The number of nitrogens with one attached hydrogen (secondary N) is 1. The molecule has 2 aliphatic carbocycles. The number of carbonyl (C=O) groups excluding carboxylic acids is 4. The number of nitrogens with zero attached hydrogens (tertiary/aromatic N) is 2. The van der Waals surface area contributed by atoms with Crippen LogP contribution in [-0.2, 0) is 25.6 Å². The molecule has 4 aliphatic rings. The molecule has 1 saturated carbocycles. The maximum atomic E-state index is 14.6. The SMILES string of the molecule is C=CCc1cccc([C@H]2C3=CC[C@@H]4C(=O)N(c5ccc(Nc6ccccc6)cc5)C(=O)[C@@H]4[C@@H]3C[C@H]3C(=O)N(c4ccccc4)C(=O)[C@@]23C)c1O. The molecule has 2 saturated heterocycles. The van der Waals surface area contributed by atoms with Gasteiger partial charge in [0.1, 0.15) is 5.75 Å². The first-order valence-corrected chi connectivity index (χ1v) is 17.1. The fourth-order valence-electron chi connectivity index (χ4n) is 8.98. The van der Waals surface area contributed by atoms with Crippen molar-refractivity contribution in [1.29, 1.82) is 0 Å². The topological polar surface area (TPSA) is 107 Å². The summed E-state index contributed by atoms with van der Waals surface area (Å²) in [5, 5.41) is 15.0. The van der Waals surface area contributed by atoms with Gasteiger partial charge in [-0.15, -0.1) is 6.58 Å². The van der Waals surface area contributed by atoms with Crippen molar-refractivity contribution in [2.24, 2.45) is 29.1 Å². The zero-order chi connectivity index (χ0) is 34.7. The number of anilines is 4. The fourth-order valence-corrected chi connectivity index (χ4v) is 8.98. The van der Waals surface area contributed by atoms with Crippen LogP contribution in [0.4, 0.5) is 22.7 Å². The Morgan fingerprint density at radius 1 is 0.780 bits per heavy atom. The molecule has 4 aromatic carbocycles. The Morgan fingerprint density at radius 3 is 2.14 bits per heavy atom. The predicted octanol–water partition coefficient (Wildman–Crippen LogP) is 7.30. The molecule has 0 spiro atoms. The highest BCUT2D eigenvalue weighted by molar-refractivity contribution is 6.25. The first-order valence-electron chi connectivity index (χ1n) is 17.1. The Kier molecular flexibility index (Phi) is 7.55. The van der Waals surface area contributed by atoms with Gasteiger partial charge in [-0.3, -0.25) is 24.1 Å². The number of hydrogen-bond donors (Lipinski definition) is 2. The molecule has 8 nitrogen and oxygen atoms in total. The lowest BCUT2D eigenvalue weighted by atomic mass is 9.51. The van der Waals surface area contributed by atoms with E-state index in [0.717, 1.165) is 16.9 Å². The summed E-state index contributed by atoms with van der Waals surface area (Å²) in [7, 11) is 0. The largest absolute Gasteiger partial charge is 0.507 e. The van der Waals surface area contributed by atoms with Crippen LogP contribution in [0, 0.1) is 29.1 Å². The Morgan fingerprint density at radius 2 is 1.44 bits per heavy atom. The van der Waals surface area contributed by atoms with Crippen LogP contribution in [0.2, 0.25) is 0 Å². The Labute approximate surface area is 290 Å². The third-order valence-corrected chi connectivity index (χ3v) is 11.3. The monoisotopic (exact) mass is 663 g/mol. The van der Waals surface area contributed by atoms with Crippen LogP contribution < -0.4 is 15.1 Å². The lowest BCUT2D eigenvalue weighted by Crippen LogP contribution is -2.49. The van der Waals surface area contributed by atoms with Crippen molar-refractivity contribution in [1.82, 2.24) is 0 Å². The van der Waals surface area contributed by atoms with E-state index < -0.39 is 35.0 Å². The van der Waals surface area contributed by atoms with Gasteiger partial charge in [-0.25, -0.2) is 4.90 Å². The van der Waals surface area contributed by atoms with Gasteiger partial charge >= 0.3 is 0 Å². The van der Waals surface area contributed by atoms with E-state index >= 15 is 0 Å². The molecule has 50 heavy (non-hydrogen) atoms. The molecule has 0 radical (unpaired) electrons. The van der Waals surface area contributed by atoms with Crippen LogP contribution >= 0.6 is 0 Å². The number of para-hydroxylation sites is 3. The van der Waals surface area contributed by atoms with E-state index in [1.165, 1.54) is 9.80 Å². The van der Waals surface area contributed by atoms with Crippen LogP contribution in [-0.4, -0.2) is 28.7 Å². The van der Waals surface area contributed by atoms with E-state index in [0.29, 0.717) is 35.3 Å². The van der Waals surface area contributed by atoms with Crippen molar-refractivity contribution in [2.75, 3.05) is 15.1 Å². The van der Waals surface area contributed by atoms with Gasteiger partial charge in [0.15, 0.2) is 0 Å². The summed E-state index contributed by atoms with van der Waals surface area (Å²) >= 11 is 0. The number of imide groups is 2. The average Bonchev–Trinajstić information content (AvgIpc) is 3.50. The molecule has 4 aromatic rings. The van der Waals surface area contributed by atoms with Gasteiger partial charge < -0.3 is 10.4 Å². The van der Waals surface area contributed by atoms with Gasteiger partial charge in [0.2, 0.25) is 23.6 Å². The second-order valence-corrected chi connectivity index (χ2v) is 13.9. The normalized spacial score (nSPS) is 27.1. The molecule has 2 aliphatic heterocycles. The number of amides is 4. The van der Waals surface area contributed by atoms with Crippen molar-refractivity contribution < 1.29 is 24.3 Å². The minimum atomic E-state index is -1.24. The molecular weight excluding hydrogens is 626 g/mol. The first-order chi connectivity index (χ1) is 24.2. The number of rotatable bonds is 7. The fraction of sp³-hybridized carbons (Fsp3) is 0.238. The van der Waals surface area contributed by atoms with E-state index in [1.807, 2.05) is 79.7 Å². The van der Waals surface area contributed by atoms with Gasteiger partial charge in [0.25, 0.3) is 0 Å². The second kappa shape index (κ2) is 12.0. The number of allylic oxidation sites excluding steroid dienone is 3. The molecule has 4 amide bonds.